The Morgan fingerprint density at radius 3 is 2.19 bits per heavy atom. The summed E-state index contributed by atoms with van der Waals surface area (Å²) in [6, 6.07) is 8.00. The number of likely N-dealkylation sites (tertiary alicyclic amines) is 2. The molecule has 0 radical (unpaired) electrons. The molecule has 176 valence electrons. The lowest BCUT2D eigenvalue weighted by molar-refractivity contribution is -0.137. The lowest BCUT2D eigenvalue weighted by atomic mass is 10.0. The highest BCUT2D eigenvalue weighted by atomic mass is 16.5. The van der Waals surface area contributed by atoms with Gasteiger partial charge in [-0.1, -0.05) is 26.0 Å². The van der Waals surface area contributed by atoms with Crippen LogP contribution in [0.2, 0.25) is 0 Å². The second kappa shape index (κ2) is 10.4. The molecule has 1 aromatic carbocycles. The monoisotopic (exact) mass is 443 g/mol. The van der Waals surface area contributed by atoms with E-state index in [9.17, 15) is 14.4 Å². The highest BCUT2D eigenvalue weighted by molar-refractivity contribution is 5.89. The van der Waals surface area contributed by atoms with E-state index in [-0.39, 0.29) is 35.7 Å². The molecule has 2 unspecified atom stereocenters. The Kier molecular flexibility index (Phi) is 7.80. The number of hydrogen-bond acceptors (Lipinski definition) is 4. The second-order valence-electron chi connectivity index (χ2n) is 9.63. The molecular weight excluding hydrogens is 406 g/mol. The Hall–Kier alpha value is -2.57. The van der Waals surface area contributed by atoms with Crippen molar-refractivity contribution in [3.63, 3.8) is 0 Å². The zero-order valence-electron chi connectivity index (χ0n) is 20.0. The predicted octanol–water partition coefficient (Wildman–Crippen LogP) is 2.94. The first-order chi connectivity index (χ1) is 15.2. The maximum Gasteiger partial charge on any atom is 0.260 e. The van der Waals surface area contributed by atoms with Gasteiger partial charge in [0.15, 0.2) is 6.10 Å². The van der Waals surface area contributed by atoms with Crippen LogP contribution in [0.25, 0.3) is 0 Å². The maximum atomic E-state index is 12.9. The number of hydrogen-bond donors (Lipinski definition) is 1. The van der Waals surface area contributed by atoms with Crippen LogP contribution in [-0.2, 0) is 14.4 Å². The molecule has 1 aromatic rings. The van der Waals surface area contributed by atoms with Crippen LogP contribution in [0, 0.1) is 5.92 Å². The number of piperidine rings is 1. The van der Waals surface area contributed by atoms with Crippen molar-refractivity contribution in [1.29, 1.82) is 0 Å². The number of amides is 3. The van der Waals surface area contributed by atoms with Gasteiger partial charge in [0.25, 0.3) is 5.91 Å². The average molecular weight is 444 g/mol. The fraction of sp³-hybridized carbons (Fsp3) is 0.640. The summed E-state index contributed by atoms with van der Waals surface area (Å²) in [5.41, 5.74) is 1.23. The third-order valence-corrected chi connectivity index (χ3v) is 6.51. The molecule has 0 spiro atoms. The largest absolute Gasteiger partial charge is 0.481 e. The van der Waals surface area contributed by atoms with Crippen LogP contribution in [0.15, 0.2) is 24.3 Å². The van der Waals surface area contributed by atoms with Crippen LogP contribution in [0.5, 0.6) is 5.75 Å². The van der Waals surface area contributed by atoms with E-state index in [0.717, 1.165) is 0 Å². The number of carbonyl (C=O) groups is 3. The highest BCUT2D eigenvalue weighted by Crippen LogP contribution is 2.24. The van der Waals surface area contributed by atoms with Crippen LogP contribution in [0.4, 0.5) is 0 Å². The maximum absolute atomic E-state index is 12.9. The molecule has 2 atom stereocenters. The molecule has 3 amide bonds. The molecule has 0 aromatic heterocycles. The Labute approximate surface area is 191 Å². The third-order valence-electron chi connectivity index (χ3n) is 6.51. The van der Waals surface area contributed by atoms with Gasteiger partial charge in [0.2, 0.25) is 11.8 Å². The fourth-order valence-corrected chi connectivity index (χ4v) is 4.41. The van der Waals surface area contributed by atoms with E-state index in [4.69, 9.17) is 4.74 Å². The first kappa shape index (κ1) is 24.1. The molecule has 2 fully saturated rings. The SMILES string of the molecule is CC(Oc1ccc(C(C)C)cc1)C(=O)NC1CCN(C(=O)C2CC(=O)N(C(C)C)C2)CC1. The Balaban J connectivity index is 1.43. The molecule has 2 aliphatic rings. The Morgan fingerprint density at radius 1 is 1.03 bits per heavy atom. The smallest absolute Gasteiger partial charge is 0.260 e. The summed E-state index contributed by atoms with van der Waals surface area (Å²) in [5.74, 6) is 0.870. The van der Waals surface area contributed by atoms with Gasteiger partial charge in [-0.25, -0.2) is 0 Å². The number of nitrogens with zero attached hydrogens (tertiary/aromatic N) is 2. The lowest BCUT2D eigenvalue weighted by Crippen LogP contribution is -2.50. The molecule has 7 nitrogen and oxygen atoms in total. The van der Waals surface area contributed by atoms with Gasteiger partial charge in [-0.2, -0.15) is 0 Å². The molecule has 0 bridgehead atoms. The van der Waals surface area contributed by atoms with Crippen LogP contribution in [-0.4, -0.2) is 65.3 Å². The molecule has 0 saturated carbocycles. The van der Waals surface area contributed by atoms with Gasteiger partial charge >= 0.3 is 0 Å². The van der Waals surface area contributed by atoms with Crippen LogP contribution in [0.3, 0.4) is 0 Å². The van der Waals surface area contributed by atoms with Crippen molar-refractivity contribution >= 4 is 17.7 Å². The lowest BCUT2D eigenvalue weighted by Gasteiger charge is -2.34. The number of benzene rings is 1. The minimum atomic E-state index is -0.592. The highest BCUT2D eigenvalue weighted by Gasteiger charge is 2.38. The average Bonchev–Trinajstić information content (AvgIpc) is 3.16. The van der Waals surface area contributed by atoms with E-state index in [2.05, 4.69) is 19.2 Å². The summed E-state index contributed by atoms with van der Waals surface area (Å²) in [6.45, 7) is 11.7. The van der Waals surface area contributed by atoms with Crippen molar-refractivity contribution in [3.8, 4) is 5.75 Å². The summed E-state index contributed by atoms with van der Waals surface area (Å²) in [7, 11) is 0. The van der Waals surface area contributed by atoms with E-state index in [1.54, 1.807) is 11.8 Å². The van der Waals surface area contributed by atoms with E-state index < -0.39 is 6.10 Å². The Bertz CT molecular complexity index is 813. The fourth-order valence-electron chi connectivity index (χ4n) is 4.41. The van der Waals surface area contributed by atoms with Gasteiger partial charge in [0.1, 0.15) is 5.75 Å². The molecule has 1 N–H and O–H groups in total. The van der Waals surface area contributed by atoms with Crippen molar-refractivity contribution in [1.82, 2.24) is 15.1 Å². The number of ether oxygens (including phenoxy) is 1. The normalized spacial score (nSPS) is 20.7. The van der Waals surface area contributed by atoms with Gasteiger partial charge in [-0.15, -0.1) is 0 Å². The van der Waals surface area contributed by atoms with Crippen molar-refractivity contribution in [3.05, 3.63) is 29.8 Å². The summed E-state index contributed by atoms with van der Waals surface area (Å²) >= 11 is 0. The van der Waals surface area contributed by atoms with E-state index >= 15 is 0 Å². The standard InChI is InChI=1S/C25H37N3O4/c1-16(2)19-6-8-22(9-7-19)32-18(5)24(30)26-21-10-12-27(13-11-21)25(31)20-14-23(29)28(15-20)17(3)4/h6-9,16-18,20-21H,10-15H2,1-5H3,(H,26,30). The molecule has 3 rings (SSSR count). The zero-order valence-corrected chi connectivity index (χ0v) is 20.0. The summed E-state index contributed by atoms with van der Waals surface area (Å²) < 4.78 is 5.81. The second-order valence-corrected chi connectivity index (χ2v) is 9.63. The summed E-state index contributed by atoms with van der Waals surface area (Å²) in [6.07, 6.45) is 1.13. The van der Waals surface area contributed by atoms with Crippen molar-refractivity contribution in [2.45, 2.75) is 78.0 Å². The van der Waals surface area contributed by atoms with E-state index in [1.165, 1.54) is 5.56 Å². The van der Waals surface area contributed by atoms with Gasteiger partial charge in [0, 0.05) is 38.1 Å². The predicted molar refractivity (Wildman–Crippen MR) is 123 cm³/mol. The van der Waals surface area contributed by atoms with Crippen LogP contribution >= 0.6 is 0 Å². The quantitative estimate of drug-likeness (QED) is 0.703. The van der Waals surface area contributed by atoms with E-state index in [0.29, 0.717) is 50.6 Å². The molecule has 2 saturated heterocycles. The molecule has 32 heavy (non-hydrogen) atoms. The van der Waals surface area contributed by atoms with Crippen molar-refractivity contribution in [2.24, 2.45) is 5.92 Å². The van der Waals surface area contributed by atoms with Crippen LogP contribution in [0.1, 0.15) is 65.4 Å². The zero-order chi connectivity index (χ0) is 23.4. The Morgan fingerprint density at radius 2 is 1.66 bits per heavy atom. The van der Waals surface area contributed by atoms with Gasteiger partial charge in [-0.05, 0) is 57.2 Å². The third kappa shape index (κ3) is 5.81. The summed E-state index contributed by atoms with van der Waals surface area (Å²) in [4.78, 5) is 41.2. The van der Waals surface area contributed by atoms with Gasteiger partial charge < -0.3 is 19.9 Å². The van der Waals surface area contributed by atoms with E-state index in [1.807, 2.05) is 43.0 Å². The van der Waals surface area contributed by atoms with Crippen LogP contribution < -0.4 is 10.1 Å². The number of rotatable bonds is 7. The molecular formula is C25H37N3O4. The molecule has 7 heteroatoms. The first-order valence-electron chi connectivity index (χ1n) is 11.8. The number of carbonyl (C=O) groups excluding carboxylic acids is 3. The molecule has 0 aliphatic carbocycles. The minimum Gasteiger partial charge on any atom is -0.481 e. The first-order valence-corrected chi connectivity index (χ1v) is 11.8. The molecule has 2 aliphatic heterocycles. The minimum absolute atomic E-state index is 0.0262. The van der Waals surface area contributed by atoms with Crippen molar-refractivity contribution in [2.75, 3.05) is 19.6 Å². The topological polar surface area (TPSA) is 79.0 Å². The van der Waals surface area contributed by atoms with Gasteiger partial charge in [-0.3, -0.25) is 14.4 Å². The number of nitrogens with one attached hydrogen (secondary N) is 1. The molecule has 2 heterocycles. The van der Waals surface area contributed by atoms with Gasteiger partial charge in [0.05, 0.1) is 5.92 Å². The summed E-state index contributed by atoms with van der Waals surface area (Å²) in [5, 5.41) is 3.06. The van der Waals surface area contributed by atoms with Crippen molar-refractivity contribution < 1.29 is 19.1 Å².